The Morgan fingerprint density at radius 3 is 2.33 bits per heavy atom. The van der Waals surface area contributed by atoms with E-state index in [-0.39, 0.29) is 18.6 Å². The van der Waals surface area contributed by atoms with Crippen molar-refractivity contribution in [3.63, 3.8) is 0 Å². The number of imidazole rings is 1. The lowest BCUT2D eigenvalue weighted by molar-refractivity contribution is -0.142. The number of hydrogen-bond donors (Lipinski definition) is 7. The van der Waals surface area contributed by atoms with Crippen LogP contribution in [0.4, 0.5) is 0 Å². The number of carboxylic acid groups (broad SMARTS) is 1. The van der Waals surface area contributed by atoms with Gasteiger partial charge in [-0.1, -0.05) is 12.1 Å². The number of aromatic amines is 1. The first kappa shape index (κ1) is 22.8. The number of phenolic OH excluding ortho intramolecular Hbond substituents is 1. The number of carbonyl (C=O) groups excluding carboxylic acids is 2. The number of H-pyrrole nitrogens is 1. The third kappa shape index (κ3) is 6.57. The molecule has 0 saturated carbocycles. The van der Waals surface area contributed by atoms with Crippen LogP contribution < -0.4 is 16.4 Å². The molecule has 2 amide bonds. The van der Waals surface area contributed by atoms with Gasteiger partial charge in [0, 0.05) is 18.3 Å². The van der Waals surface area contributed by atoms with Gasteiger partial charge in [0.15, 0.2) is 0 Å². The number of aliphatic carboxylic acids is 1. The highest BCUT2D eigenvalue weighted by molar-refractivity contribution is 5.92. The van der Waals surface area contributed by atoms with Crippen LogP contribution in [0, 0.1) is 0 Å². The second-order valence-electron chi connectivity index (χ2n) is 6.88. The van der Waals surface area contributed by atoms with Crippen molar-refractivity contribution >= 4 is 17.8 Å². The maximum atomic E-state index is 12.5. The van der Waals surface area contributed by atoms with E-state index in [4.69, 9.17) is 5.73 Å². The Morgan fingerprint density at radius 1 is 1.13 bits per heavy atom. The summed E-state index contributed by atoms with van der Waals surface area (Å²) in [6, 6.07) is 2.41. The molecule has 162 valence electrons. The Kier molecular flexibility index (Phi) is 7.90. The smallest absolute Gasteiger partial charge is 0.326 e. The number of hydrogen-bond acceptors (Lipinski definition) is 7. The van der Waals surface area contributed by atoms with Crippen molar-refractivity contribution in [1.29, 1.82) is 0 Å². The maximum Gasteiger partial charge on any atom is 0.326 e. The van der Waals surface area contributed by atoms with Gasteiger partial charge in [-0.15, -0.1) is 0 Å². The van der Waals surface area contributed by atoms with E-state index < -0.39 is 42.0 Å². The predicted octanol–water partition coefficient (Wildman–Crippen LogP) is -1.34. The molecule has 30 heavy (non-hydrogen) atoms. The van der Waals surface area contributed by atoms with E-state index in [0.717, 1.165) is 0 Å². The Morgan fingerprint density at radius 2 is 1.80 bits per heavy atom. The summed E-state index contributed by atoms with van der Waals surface area (Å²) in [5.41, 5.74) is 7.07. The topological polar surface area (TPSA) is 191 Å². The molecule has 11 nitrogen and oxygen atoms in total. The molecule has 1 heterocycles. The number of nitrogens with zero attached hydrogens (tertiary/aromatic N) is 1. The Hall–Kier alpha value is -3.44. The molecular weight excluding hydrogens is 394 g/mol. The van der Waals surface area contributed by atoms with Gasteiger partial charge >= 0.3 is 5.97 Å². The predicted molar refractivity (Wildman–Crippen MR) is 105 cm³/mol. The normalized spacial score (nSPS) is 14.9. The second kappa shape index (κ2) is 10.4. The summed E-state index contributed by atoms with van der Waals surface area (Å²) in [6.45, 7) is 1.29. The molecule has 0 fully saturated rings. The summed E-state index contributed by atoms with van der Waals surface area (Å²) in [5, 5.41) is 33.3. The van der Waals surface area contributed by atoms with Gasteiger partial charge in [-0.2, -0.15) is 0 Å². The first-order chi connectivity index (χ1) is 14.2. The molecule has 0 aliphatic rings. The van der Waals surface area contributed by atoms with Crippen LogP contribution in [0.5, 0.6) is 5.75 Å². The molecule has 0 aliphatic carbocycles. The number of rotatable bonds is 10. The lowest BCUT2D eigenvalue weighted by Crippen LogP contribution is -2.58. The molecule has 0 aliphatic heterocycles. The number of aliphatic hydroxyl groups excluding tert-OH is 1. The standard InChI is InChI=1S/C19H25N5O6/c1-10(25)16(18(28)23-15(19(29)30)7-12-8-21-9-22-12)24-17(27)14(20)6-11-2-4-13(26)5-3-11/h2-5,8-10,14-16,25-26H,6-7,20H2,1H3,(H,21,22)(H,23,28)(H,24,27)(H,29,30). The van der Waals surface area contributed by atoms with E-state index in [0.29, 0.717) is 11.3 Å². The fourth-order valence-electron chi connectivity index (χ4n) is 2.72. The van der Waals surface area contributed by atoms with Gasteiger partial charge in [-0.05, 0) is 31.0 Å². The summed E-state index contributed by atoms with van der Waals surface area (Å²) in [7, 11) is 0. The van der Waals surface area contributed by atoms with E-state index in [1.807, 2.05) is 0 Å². The summed E-state index contributed by atoms with van der Waals surface area (Å²) >= 11 is 0. The van der Waals surface area contributed by atoms with E-state index in [2.05, 4.69) is 20.6 Å². The molecule has 11 heteroatoms. The zero-order valence-corrected chi connectivity index (χ0v) is 16.3. The third-order valence-corrected chi connectivity index (χ3v) is 4.38. The van der Waals surface area contributed by atoms with Gasteiger partial charge in [-0.25, -0.2) is 9.78 Å². The minimum atomic E-state index is -1.40. The lowest BCUT2D eigenvalue weighted by Gasteiger charge is -2.24. The number of aromatic nitrogens is 2. The van der Waals surface area contributed by atoms with Crippen molar-refractivity contribution in [2.75, 3.05) is 0 Å². The fourth-order valence-corrected chi connectivity index (χ4v) is 2.72. The number of benzene rings is 1. The van der Waals surface area contributed by atoms with Crippen molar-refractivity contribution in [3.05, 3.63) is 48.0 Å². The van der Waals surface area contributed by atoms with Gasteiger partial charge in [-0.3, -0.25) is 9.59 Å². The molecule has 4 atom stereocenters. The van der Waals surface area contributed by atoms with Crippen LogP contribution in [0.25, 0.3) is 0 Å². The van der Waals surface area contributed by atoms with E-state index in [1.165, 1.54) is 31.6 Å². The first-order valence-corrected chi connectivity index (χ1v) is 9.19. The zero-order valence-electron chi connectivity index (χ0n) is 16.3. The third-order valence-electron chi connectivity index (χ3n) is 4.38. The van der Waals surface area contributed by atoms with Gasteiger partial charge in [0.25, 0.3) is 0 Å². The van der Waals surface area contributed by atoms with E-state index >= 15 is 0 Å². The van der Waals surface area contributed by atoms with Crippen molar-refractivity contribution < 1.29 is 29.7 Å². The molecule has 0 spiro atoms. The van der Waals surface area contributed by atoms with Crippen molar-refractivity contribution in [2.45, 2.75) is 44.0 Å². The molecule has 1 aromatic carbocycles. The quantitative estimate of drug-likeness (QED) is 0.246. The van der Waals surface area contributed by atoms with Gasteiger partial charge in [0.05, 0.1) is 18.5 Å². The number of nitrogens with two attached hydrogens (primary N) is 1. The van der Waals surface area contributed by atoms with Gasteiger partial charge < -0.3 is 36.7 Å². The van der Waals surface area contributed by atoms with Crippen LogP contribution in [-0.2, 0) is 27.2 Å². The fraction of sp³-hybridized carbons (Fsp3) is 0.368. The summed E-state index contributed by atoms with van der Waals surface area (Å²) < 4.78 is 0. The number of aliphatic hydroxyl groups is 1. The largest absolute Gasteiger partial charge is 0.508 e. The molecule has 2 aromatic rings. The van der Waals surface area contributed by atoms with Crippen LogP contribution in [0.3, 0.4) is 0 Å². The number of aromatic hydroxyl groups is 1. The number of amides is 2. The minimum Gasteiger partial charge on any atom is -0.508 e. The summed E-state index contributed by atoms with van der Waals surface area (Å²) in [5.74, 6) is -2.75. The summed E-state index contributed by atoms with van der Waals surface area (Å²) in [6.07, 6.45) is 1.60. The minimum absolute atomic E-state index is 0.0537. The first-order valence-electron chi connectivity index (χ1n) is 9.19. The van der Waals surface area contributed by atoms with Crippen molar-refractivity contribution in [2.24, 2.45) is 5.73 Å². The summed E-state index contributed by atoms with van der Waals surface area (Å²) in [4.78, 5) is 42.9. The highest BCUT2D eigenvalue weighted by Crippen LogP contribution is 2.11. The van der Waals surface area contributed by atoms with Gasteiger partial charge in [0.2, 0.25) is 11.8 Å². The van der Waals surface area contributed by atoms with Crippen LogP contribution in [0.2, 0.25) is 0 Å². The average molecular weight is 419 g/mol. The second-order valence-corrected chi connectivity index (χ2v) is 6.88. The molecule has 0 radical (unpaired) electrons. The van der Waals surface area contributed by atoms with Gasteiger partial charge in [0.1, 0.15) is 17.8 Å². The molecule has 4 unspecified atom stereocenters. The molecule has 2 rings (SSSR count). The number of phenols is 1. The van der Waals surface area contributed by atoms with Crippen LogP contribution in [0.15, 0.2) is 36.8 Å². The number of nitrogens with one attached hydrogen (secondary N) is 3. The SMILES string of the molecule is CC(O)C(NC(=O)C(N)Cc1ccc(O)cc1)C(=O)NC(Cc1cnc[nH]1)C(=O)O. The number of carboxylic acids is 1. The molecular formula is C19H25N5O6. The average Bonchev–Trinajstić information content (AvgIpc) is 3.19. The highest BCUT2D eigenvalue weighted by atomic mass is 16.4. The molecule has 1 aromatic heterocycles. The van der Waals surface area contributed by atoms with Crippen LogP contribution in [-0.4, -0.2) is 67.3 Å². The number of carbonyl (C=O) groups is 3. The van der Waals surface area contributed by atoms with Crippen LogP contribution in [0.1, 0.15) is 18.2 Å². The molecule has 0 bridgehead atoms. The van der Waals surface area contributed by atoms with Crippen molar-refractivity contribution in [3.8, 4) is 5.75 Å². The lowest BCUT2D eigenvalue weighted by atomic mass is 10.0. The van der Waals surface area contributed by atoms with E-state index in [1.54, 1.807) is 12.1 Å². The monoisotopic (exact) mass is 419 g/mol. The Labute approximate surface area is 172 Å². The molecule has 8 N–H and O–H groups in total. The Bertz CT molecular complexity index is 853. The molecule has 0 saturated heterocycles. The van der Waals surface area contributed by atoms with E-state index in [9.17, 15) is 29.7 Å². The van der Waals surface area contributed by atoms with Crippen LogP contribution >= 0.6 is 0 Å². The van der Waals surface area contributed by atoms with Crippen molar-refractivity contribution in [1.82, 2.24) is 20.6 Å². The maximum absolute atomic E-state index is 12.5. The zero-order chi connectivity index (χ0) is 22.3. The Balaban J connectivity index is 2.00. The highest BCUT2D eigenvalue weighted by Gasteiger charge is 2.31.